The first-order valence-electron chi connectivity index (χ1n) is 10.3. The Morgan fingerprint density at radius 3 is 2.80 bits per heavy atom. The average molecular weight is 421 g/mol. The van der Waals surface area contributed by atoms with Crippen LogP contribution in [0.5, 0.6) is 0 Å². The van der Waals surface area contributed by atoms with Gasteiger partial charge in [0.1, 0.15) is 0 Å². The molecule has 0 unspecified atom stereocenters. The largest absolute Gasteiger partial charge is 0.325 e. The number of nitrogens with one attached hydrogen (secondary N) is 1. The molecule has 0 fully saturated rings. The fourth-order valence-corrected chi connectivity index (χ4v) is 4.10. The minimum absolute atomic E-state index is 0.0148. The van der Waals surface area contributed by atoms with Crippen molar-refractivity contribution in [1.82, 2.24) is 14.9 Å². The third-order valence-corrected chi connectivity index (χ3v) is 5.67. The van der Waals surface area contributed by atoms with Gasteiger partial charge in [0.2, 0.25) is 11.2 Å². The van der Waals surface area contributed by atoms with E-state index >= 15 is 0 Å². The SMILES string of the molecule is CCc1cccc(NC(=O)CN2CCc3nc(Cl)nc(-c4ccccc4C)c3C2)c1. The van der Waals surface area contributed by atoms with Gasteiger partial charge >= 0.3 is 0 Å². The lowest BCUT2D eigenvalue weighted by atomic mass is 9.97. The number of benzene rings is 2. The van der Waals surface area contributed by atoms with E-state index in [9.17, 15) is 4.79 Å². The van der Waals surface area contributed by atoms with E-state index < -0.39 is 0 Å². The molecule has 30 heavy (non-hydrogen) atoms. The molecular weight excluding hydrogens is 396 g/mol. The quantitative estimate of drug-likeness (QED) is 0.609. The van der Waals surface area contributed by atoms with Gasteiger partial charge in [0.05, 0.1) is 17.9 Å². The molecule has 4 rings (SSSR count). The summed E-state index contributed by atoms with van der Waals surface area (Å²) in [5, 5.41) is 3.29. The lowest BCUT2D eigenvalue weighted by molar-refractivity contribution is -0.117. The van der Waals surface area contributed by atoms with Crippen molar-refractivity contribution in [3.05, 3.63) is 76.2 Å². The molecule has 3 aromatic rings. The summed E-state index contributed by atoms with van der Waals surface area (Å²) in [7, 11) is 0. The summed E-state index contributed by atoms with van der Waals surface area (Å²) in [4.78, 5) is 23.8. The van der Waals surface area contributed by atoms with Crippen LogP contribution in [-0.4, -0.2) is 33.9 Å². The number of rotatable bonds is 5. The molecule has 1 N–H and O–H groups in total. The topological polar surface area (TPSA) is 58.1 Å². The van der Waals surface area contributed by atoms with E-state index in [1.54, 1.807) is 0 Å². The van der Waals surface area contributed by atoms with E-state index in [2.05, 4.69) is 52.2 Å². The van der Waals surface area contributed by atoms with E-state index in [-0.39, 0.29) is 11.2 Å². The number of halogens is 1. The first-order chi connectivity index (χ1) is 14.5. The summed E-state index contributed by atoms with van der Waals surface area (Å²) in [6.45, 7) is 5.88. The maximum Gasteiger partial charge on any atom is 0.238 e. The van der Waals surface area contributed by atoms with E-state index in [1.807, 2.05) is 30.3 Å². The molecule has 0 radical (unpaired) electrons. The summed E-state index contributed by atoms with van der Waals surface area (Å²) in [6, 6.07) is 16.1. The van der Waals surface area contributed by atoms with E-state index in [1.165, 1.54) is 5.56 Å². The number of anilines is 1. The Hall–Kier alpha value is -2.76. The molecule has 0 saturated heterocycles. The third-order valence-electron chi connectivity index (χ3n) is 5.50. The van der Waals surface area contributed by atoms with Gasteiger partial charge in [-0.2, -0.15) is 0 Å². The molecule has 0 bridgehead atoms. The Morgan fingerprint density at radius 1 is 1.17 bits per heavy atom. The number of carbonyl (C=O) groups excluding carboxylic acids is 1. The molecule has 0 atom stereocenters. The Labute approximate surface area is 182 Å². The minimum Gasteiger partial charge on any atom is -0.325 e. The van der Waals surface area contributed by atoms with Crippen LogP contribution in [0.3, 0.4) is 0 Å². The van der Waals surface area contributed by atoms with Crippen molar-refractivity contribution in [2.24, 2.45) is 0 Å². The standard InChI is InChI=1S/C24H25ClN4O/c1-3-17-8-6-9-18(13-17)26-22(30)15-29-12-11-21-20(14-29)23(28-24(25)27-21)19-10-5-4-7-16(19)2/h4-10,13H,3,11-12,14-15H2,1-2H3,(H,26,30). The van der Waals surface area contributed by atoms with Crippen molar-refractivity contribution >= 4 is 23.2 Å². The summed E-state index contributed by atoms with van der Waals surface area (Å²) < 4.78 is 0. The van der Waals surface area contributed by atoms with Gasteiger partial charge in [-0.1, -0.05) is 43.3 Å². The van der Waals surface area contributed by atoms with Gasteiger partial charge in [-0.15, -0.1) is 0 Å². The van der Waals surface area contributed by atoms with Crippen molar-refractivity contribution in [2.45, 2.75) is 33.2 Å². The number of amides is 1. The maximum atomic E-state index is 12.7. The maximum absolute atomic E-state index is 12.7. The summed E-state index contributed by atoms with van der Waals surface area (Å²) in [5.74, 6) is -0.0148. The Balaban J connectivity index is 1.53. The second-order valence-electron chi connectivity index (χ2n) is 7.64. The molecule has 6 heteroatoms. The smallest absolute Gasteiger partial charge is 0.238 e. The molecule has 2 heterocycles. The molecule has 0 spiro atoms. The van der Waals surface area contributed by atoms with Gasteiger partial charge in [-0.25, -0.2) is 9.97 Å². The first-order valence-corrected chi connectivity index (χ1v) is 10.6. The molecule has 2 aromatic carbocycles. The summed E-state index contributed by atoms with van der Waals surface area (Å²) in [5.41, 5.74) is 7.13. The molecule has 1 amide bonds. The highest BCUT2D eigenvalue weighted by Gasteiger charge is 2.24. The van der Waals surface area contributed by atoms with Gasteiger partial charge in [0.15, 0.2) is 0 Å². The van der Waals surface area contributed by atoms with Gasteiger partial charge in [0, 0.05) is 36.3 Å². The van der Waals surface area contributed by atoms with Gasteiger partial charge < -0.3 is 5.32 Å². The number of aromatic nitrogens is 2. The third kappa shape index (κ3) is 4.53. The van der Waals surface area contributed by atoms with Crippen molar-refractivity contribution in [3.8, 4) is 11.3 Å². The highest BCUT2D eigenvalue weighted by atomic mass is 35.5. The Morgan fingerprint density at radius 2 is 2.00 bits per heavy atom. The van der Waals surface area contributed by atoms with Crippen LogP contribution in [0.1, 0.15) is 29.3 Å². The molecule has 1 aliphatic heterocycles. The van der Waals surface area contributed by atoms with E-state index in [4.69, 9.17) is 11.6 Å². The highest BCUT2D eigenvalue weighted by Crippen LogP contribution is 2.31. The van der Waals surface area contributed by atoms with Crippen LogP contribution in [0, 0.1) is 6.92 Å². The zero-order valence-electron chi connectivity index (χ0n) is 17.3. The number of aryl methyl sites for hydroxylation is 2. The molecule has 1 aromatic heterocycles. The van der Waals surface area contributed by atoms with Crippen LogP contribution in [0.2, 0.25) is 5.28 Å². The van der Waals surface area contributed by atoms with E-state index in [0.717, 1.165) is 53.2 Å². The number of nitrogens with zero attached hydrogens (tertiary/aromatic N) is 3. The van der Waals surface area contributed by atoms with Crippen LogP contribution in [0.15, 0.2) is 48.5 Å². The van der Waals surface area contributed by atoms with Gasteiger partial charge in [-0.3, -0.25) is 9.69 Å². The number of hydrogen-bond donors (Lipinski definition) is 1. The van der Waals surface area contributed by atoms with Crippen LogP contribution in [-0.2, 0) is 24.2 Å². The fourth-order valence-electron chi connectivity index (χ4n) is 3.91. The molecule has 0 aliphatic carbocycles. The normalized spacial score (nSPS) is 13.7. The monoisotopic (exact) mass is 420 g/mol. The molecule has 1 aliphatic rings. The van der Waals surface area contributed by atoms with Crippen LogP contribution in [0.25, 0.3) is 11.3 Å². The number of hydrogen-bond acceptors (Lipinski definition) is 4. The number of fused-ring (bicyclic) bond motifs is 1. The van der Waals surface area contributed by atoms with Gasteiger partial charge in [-0.05, 0) is 48.2 Å². The van der Waals surface area contributed by atoms with Crippen molar-refractivity contribution in [3.63, 3.8) is 0 Å². The van der Waals surface area contributed by atoms with Crippen molar-refractivity contribution in [1.29, 1.82) is 0 Å². The number of carbonyl (C=O) groups is 1. The fraction of sp³-hybridized carbons (Fsp3) is 0.292. The summed E-state index contributed by atoms with van der Waals surface area (Å²) >= 11 is 6.22. The second kappa shape index (κ2) is 8.94. The van der Waals surface area contributed by atoms with Crippen LogP contribution < -0.4 is 5.32 Å². The lowest BCUT2D eigenvalue weighted by Crippen LogP contribution is -2.37. The van der Waals surface area contributed by atoms with Crippen molar-refractivity contribution in [2.75, 3.05) is 18.4 Å². The predicted octanol–water partition coefficient (Wildman–Crippen LogP) is 4.66. The predicted molar refractivity (Wildman–Crippen MR) is 121 cm³/mol. The average Bonchev–Trinajstić information content (AvgIpc) is 2.74. The second-order valence-corrected chi connectivity index (χ2v) is 7.98. The van der Waals surface area contributed by atoms with Crippen molar-refractivity contribution < 1.29 is 4.79 Å². The lowest BCUT2D eigenvalue weighted by Gasteiger charge is -2.29. The highest BCUT2D eigenvalue weighted by molar-refractivity contribution is 6.28. The molecular formula is C24H25ClN4O. The zero-order chi connectivity index (χ0) is 21.1. The Kier molecular flexibility index (Phi) is 6.11. The Bertz CT molecular complexity index is 1080. The first kappa shape index (κ1) is 20.5. The summed E-state index contributed by atoms with van der Waals surface area (Å²) in [6.07, 6.45) is 1.69. The van der Waals surface area contributed by atoms with Gasteiger partial charge in [0.25, 0.3) is 0 Å². The molecule has 0 saturated carbocycles. The van der Waals surface area contributed by atoms with Crippen LogP contribution >= 0.6 is 11.6 Å². The van der Waals surface area contributed by atoms with E-state index in [0.29, 0.717) is 13.1 Å². The molecule has 5 nitrogen and oxygen atoms in total. The zero-order valence-corrected chi connectivity index (χ0v) is 18.0. The minimum atomic E-state index is -0.0148. The molecule has 154 valence electrons. The van der Waals surface area contributed by atoms with Crippen LogP contribution in [0.4, 0.5) is 5.69 Å².